The van der Waals surface area contributed by atoms with Crippen molar-refractivity contribution in [1.29, 1.82) is 0 Å². The number of nitrogens with one attached hydrogen (secondary N) is 1. The number of nitrogens with zero attached hydrogens (tertiary/aromatic N) is 3. The molecule has 0 spiro atoms. The third-order valence-electron chi connectivity index (χ3n) is 5.96. The second-order valence-electron chi connectivity index (χ2n) is 8.49. The Labute approximate surface area is 203 Å². The normalized spacial score (nSPS) is 33.4. The summed E-state index contributed by atoms with van der Waals surface area (Å²) in [4.78, 5) is 22.5. The van der Waals surface area contributed by atoms with Crippen LogP contribution in [0.2, 0.25) is 5.02 Å². The average Bonchev–Trinajstić information content (AvgIpc) is 3.31. The molecule has 35 heavy (non-hydrogen) atoms. The predicted molar refractivity (Wildman–Crippen MR) is 123 cm³/mol. The van der Waals surface area contributed by atoms with Crippen molar-refractivity contribution in [2.24, 2.45) is 0 Å². The lowest BCUT2D eigenvalue weighted by molar-refractivity contribution is -0.0953. The molecule has 2 saturated heterocycles. The molecule has 5 N–H and O–H groups in total. The van der Waals surface area contributed by atoms with E-state index in [9.17, 15) is 19.6 Å². The number of aromatic nitrogens is 4. The largest absolute Gasteiger partial charge is 0.475 e. The number of hydrogen-bond acceptors (Lipinski definition) is 11. The van der Waals surface area contributed by atoms with E-state index in [0.29, 0.717) is 11.4 Å². The summed E-state index contributed by atoms with van der Waals surface area (Å²) in [6.07, 6.45) is -2.69. The highest BCUT2D eigenvalue weighted by Gasteiger charge is 2.54. The SMILES string of the molecule is C[C@@]1(O)[C@H](O)[C@@H](COP2(=O)OCCC(c3cccc(Cl)c3)O2)O[C@H]1n1cnc2c(=O)[nH]c(N)nc21. The molecule has 5 rings (SSSR count). The van der Waals surface area contributed by atoms with Crippen LogP contribution in [0.5, 0.6) is 0 Å². The van der Waals surface area contributed by atoms with Gasteiger partial charge in [-0.25, -0.2) is 9.55 Å². The summed E-state index contributed by atoms with van der Waals surface area (Å²) >= 11 is 6.04. The molecule has 0 radical (unpaired) electrons. The van der Waals surface area contributed by atoms with E-state index in [1.807, 2.05) is 0 Å². The third kappa shape index (κ3) is 4.50. The zero-order valence-corrected chi connectivity index (χ0v) is 20.1. The van der Waals surface area contributed by atoms with Gasteiger partial charge in [0, 0.05) is 11.4 Å². The first-order valence-electron chi connectivity index (χ1n) is 10.7. The molecule has 0 amide bonds. The zero-order chi connectivity index (χ0) is 25.0. The van der Waals surface area contributed by atoms with E-state index in [1.54, 1.807) is 24.3 Å². The smallest absolute Gasteiger partial charge is 0.387 e. The van der Waals surface area contributed by atoms with Crippen molar-refractivity contribution in [3.63, 3.8) is 0 Å². The van der Waals surface area contributed by atoms with Gasteiger partial charge in [-0.15, -0.1) is 0 Å². The van der Waals surface area contributed by atoms with Gasteiger partial charge in [0.15, 0.2) is 17.4 Å². The molecule has 6 atom stereocenters. The summed E-state index contributed by atoms with van der Waals surface area (Å²) in [5.41, 5.74) is 3.97. The lowest BCUT2D eigenvalue weighted by atomic mass is 9.96. The number of aliphatic hydroxyl groups excluding tert-OH is 1. The number of hydrogen-bond donors (Lipinski definition) is 4. The Kier molecular flexibility index (Phi) is 6.22. The van der Waals surface area contributed by atoms with Crippen LogP contribution in [-0.4, -0.2) is 60.8 Å². The van der Waals surface area contributed by atoms with Gasteiger partial charge in [0.05, 0.1) is 25.6 Å². The number of nitrogen functional groups attached to an aromatic ring is 1. The quantitative estimate of drug-likeness (QED) is 0.354. The number of fused-ring (bicyclic) bond motifs is 1. The van der Waals surface area contributed by atoms with Gasteiger partial charge >= 0.3 is 7.82 Å². The number of anilines is 1. The van der Waals surface area contributed by atoms with Crippen molar-refractivity contribution in [3.8, 4) is 0 Å². The van der Waals surface area contributed by atoms with Crippen LogP contribution in [0, 0.1) is 0 Å². The molecule has 3 aromatic rings. The number of halogens is 1. The molecule has 2 aliphatic rings. The summed E-state index contributed by atoms with van der Waals surface area (Å²) in [7, 11) is -4.01. The molecule has 0 bridgehead atoms. The van der Waals surface area contributed by atoms with Gasteiger partial charge in [0.1, 0.15) is 17.8 Å². The number of rotatable bonds is 5. The van der Waals surface area contributed by atoms with Gasteiger partial charge in [0.2, 0.25) is 5.95 Å². The molecule has 0 aliphatic carbocycles. The van der Waals surface area contributed by atoms with Gasteiger partial charge in [-0.3, -0.25) is 27.9 Å². The molecule has 2 fully saturated rings. The van der Waals surface area contributed by atoms with Crippen LogP contribution >= 0.6 is 19.4 Å². The third-order valence-corrected chi connectivity index (χ3v) is 7.67. The Balaban J connectivity index is 1.33. The average molecular weight is 528 g/mol. The molecule has 15 heteroatoms. The van der Waals surface area contributed by atoms with E-state index < -0.39 is 50.1 Å². The number of phosphoric acid groups is 1. The van der Waals surface area contributed by atoms with Gasteiger partial charge in [-0.05, 0) is 24.6 Å². The molecular weight excluding hydrogens is 505 g/mol. The highest BCUT2D eigenvalue weighted by atomic mass is 35.5. The number of aromatic amines is 1. The minimum atomic E-state index is -4.01. The maximum Gasteiger partial charge on any atom is 0.475 e. The minimum Gasteiger partial charge on any atom is -0.387 e. The van der Waals surface area contributed by atoms with Crippen LogP contribution < -0.4 is 11.3 Å². The van der Waals surface area contributed by atoms with Crippen LogP contribution in [0.1, 0.15) is 31.2 Å². The van der Waals surface area contributed by atoms with Gasteiger partial charge in [-0.2, -0.15) is 4.98 Å². The summed E-state index contributed by atoms with van der Waals surface area (Å²) in [6, 6.07) is 6.96. The summed E-state index contributed by atoms with van der Waals surface area (Å²) < 4.78 is 36.6. The molecule has 2 unspecified atom stereocenters. The first-order chi connectivity index (χ1) is 16.6. The first kappa shape index (κ1) is 24.3. The summed E-state index contributed by atoms with van der Waals surface area (Å²) in [5, 5.41) is 22.3. The number of imidazole rings is 1. The number of phosphoric ester groups is 1. The van der Waals surface area contributed by atoms with Crippen LogP contribution in [0.15, 0.2) is 35.4 Å². The number of ether oxygens (including phenoxy) is 1. The second-order valence-corrected chi connectivity index (χ2v) is 10.5. The predicted octanol–water partition coefficient (Wildman–Crippen LogP) is 1.67. The lowest BCUT2D eigenvalue weighted by Crippen LogP contribution is -2.44. The van der Waals surface area contributed by atoms with E-state index in [2.05, 4.69) is 15.0 Å². The standard InChI is InChI=1S/C20H23ClN5O8P/c1-20(29)15(27)13(33-18(20)26-9-23-14-16(26)24-19(22)25-17(14)28)8-32-35(30)31-6-5-12(34-35)10-3-2-4-11(21)7-10/h2-4,7,9,12-13,15,18,27,29H,5-6,8H2,1H3,(H3,22,24,25,28)/t12?,13-,15-,18-,20-,35?/m1/s1. The van der Waals surface area contributed by atoms with Crippen molar-refractivity contribution in [3.05, 3.63) is 51.5 Å². The Bertz CT molecular complexity index is 1360. The first-order valence-corrected chi connectivity index (χ1v) is 12.5. The van der Waals surface area contributed by atoms with Gasteiger partial charge < -0.3 is 20.7 Å². The fourth-order valence-corrected chi connectivity index (χ4v) is 5.76. The van der Waals surface area contributed by atoms with E-state index in [0.717, 1.165) is 5.56 Å². The number of benzene rings is 1. The minimum absolute atomic E-state index is 0.0201. The highest BCUT2D eigenvalue weighted by molar-refractivity contribution is 7.48. The fraction of sp³-hybridized carbons (Fsp3) is 0.450. The summed E-state index contributed by atoms with van der Waals surface area (Å²) in [5.74, 6) is -0.152. The lowest BCUT2D eigenvalue weighted by Gasteiger charge is -2.30. The fourth-order valence-electron chi connectivity index (χ4n) is 4.17. The van der Waals surface area contributed by atoms with Gasteiger partial charge in [0.25, 0.3) is 5.56 Å². The van der Waals surface area contributed by atoms with Crippen molar-refractivity contribution < 1.29 is 33.1 Å². The van der Waals surface area contributed by atoms with Crippen molar-refractivity contribution >= 4 is 36.5 Å². The maximum atomic E-state index is 13.1. The molecule has 2 aromatic heterocycles. The molecule has 13 nitrogen and oxygen atoms in total. The molecule has 0 saturated carbocycles. The van der Waals surface area contributed by atoms with Crippen LogP contribution in [0.25, 0.3) is 11.2 Å². The zero-order valence-electron chi connectivity index (χ0n) is 18.4. The van der Waals surface area contributed by atoms with E-state index >= 15 is 0 Å². The Hall–Kier alpha value is -2.35. The summed E-state index contributed by atoms with van der Waals surface area (Å²) in [6.45, 7) is 1.04. The molecule has 1 aromatic carbocycles. The van der Waals surface area contributed by atoms with Crippen molar-refractivity contribution in [2.45, 2.75) is 43.5 Å². The van der Waals surface area contributed by atoms with Crippen LogP contribution in [0.4, 0.5) is 5.95 Å². The maximum absolute atomic E-state index is 13.1. The monoisotopic (exact) mass is 527 g/mol. The van der Waals surface area contributed by atoms with Crippen LogP contribution in [0.3, 0.4) is 0 Å². The van der Waals surface area contributed by atoms with Crippen LogP contribution in [-0.2, 0) is 22.9 Å². The molecule has 188 valence electrons. The second kappa shape index (κ2) is 8.95. The van der Waals surface area contributed by atoms with Crippen molar-refractivity contribution in [1.82, 2.24) is 19.5 Å². The molecule has 2 aliphatic heterocycles. The van der Waals surface area contributed by atoms with E-state index in [-0.39, 0.29) is 23.7 Å². The molecular formula is C20H23ClN5O8P. The van der Waals surface area contributed by atoms with Gasteiger partial charge in [-0.1, -0.05) is 23.7 Å². The van der Waals surface area contributed by atoms with E-state index in [4.69, 9.17) is 35.6 Å². The Morgan fingerprint density at radius 2 is 2.26 bits per heavy atom. The molecule has 4 heterocycles. The number of aliphatic hydroxyl groups is 2. The van der Waals surface area contributed by atoms with E-state index in [1.165, 1.54) is 17.8 Å². The Morgan fingerprint density at radius 1 is 1.46 bits per heavy atom. The Morgan fingerprint density at radius 3 is 3.03 bits per heavy atom. The highest BCUT2D eigenvalue weighted by Crippen LogP contribution is 2.57. The number of nitrogens with two attached hydrogens (primary N) is 1. The topological polar surface area (TPSA) is 184 Å². The number of H-pyrrole nitrogens is 1. The van der Waals surface area contributed by atoms with Crippen molar-refractivity contribution in [2.75, 3.05) is 18.9 Å².